The second-order valence-corrected chi connectivity index (χ2v) is 4.96. The molecule has 0 saturated carbocycles. The molecule has 0 aliphatic heterocycles. The van der Waals surface area contributed by atoms with Crippen LogP contribution in [0.5, 0.6) is 0 Å². The average molecular weight is 294 g/mol. The van der Waals surface area contributed by atoms with Gasteiger partial charge < -0.3 is 10.3 Å². The maximum atomic E-state index is 5.56. The Morgan fingerprint density at radius 3 is 2.65 bits per heavy atom. The average Bonchev–Trinajstić information content (AvgIpc) is 2.61. The van der Waals surface area contributed by atoms with Gasteiger partial charge in [-0.15, -0.1) is 0 Å². The summed E-state index contributed by atoms with van der Waals surface area (Å²) in [7, 11) is 0. The van der Waals surface area contributed by atoms with Crippen LogP contribution in [-0.4, -0.2) is 16.1 Å². The molecule has 4 heteroatoms. The molecule has 3 nitrogen and oxygen atoms in total. The highest BCUT2D eigenvalue weighted by Crippen LogP contribution is 2.24. The van der Waals surface area contributed by atoms with Crippen molar-refractivity contribution in [3.8, 4) is 5.69 Å². The van der Waals surface area contributed by atoms with Crippen LogP contribution in [0.2, 0.25) is 0 Å². The summed E-state index contributed by atoms with van der Waals surface area (Å²) >= 11 is 3.61. The number of nitrogens with zero attached hydrogens (tertiary/aromatic N) is 2. The fraction of sp³-hybridized carbons (Fsp3) is 0.308. The van der Waals surface area contributed by atoms with Crippen molar-refractivity contribution in [3.63, 3.8) is 0 Å². The number of rotatable bonds is 3. The Bertz CT molecular complexity index is 531. The molecular weight excluding hydrogens is 278 g/mol. The number of hydrogen-bond donors (Lipinski definition) is 1. The van der Waals surface area contributed by atoms with E-state index in [1.807, 2.05) is 13.3 Å². The fourth-order valence-corrected chi connectivity index (χ4v) is 2.43. The summed E-state index contributed by atoms with van der Waals surface area (Å²) in [6.45, 7) is 4.76. The van der Waals surface area contributed by atoms with Crippen LogP contribution in [0.1, 0.15) is 17.0 Å². The van der Waals surface area contributed by atoms with E-state index in [2.05, 4.69) is 50.6 Å². The number of aromatic nitrogens is 2. The van der Waals surface area contributed by atoms with Crippen LogP contribution < -0.4 is 5.73 Å². The third kappa shape index (κ3) is 2.42. The fourth-order valence-electron chi connectivity index (χ4n) is 1.81. The highest BCUT2D eigenvalue weighted by Gasteiger charge is 2.08. The van der Waals surface area contributed by atoms with E-state index in [4.69, 9.17) is 5.73 Å². The molecule has 2 rings (SSSR count). The van der Waals surface area contributed by atoms with Gasteiger partial charge in [-0.3, -0.25) is 0 Å². The molecule has 0 atom stereocenters. The highest BCUT2D eigenvalue weighted by atomic mass is 79.9. The maximum absolute atomic E-state index is 5.56. The first-order valence-corrected chi connectivity index (χ1v) is 6.42. The van der Waals surface area contributed by atoms with Gasteiger partial charge in [0, 0.05) is 10.2 Å². The van der Waals surface area contributed by atoms with Crippen molar-refractivity contribution >= 4 is 15.9 Å². The molecule has 0 unspecified atom stereocenters. The molecule has 0 aliphatic rings. The molecule has 0 bridgehead atoms. The number of hydrogen-bond acceptors (Lipinski definition) is 2. The van der Waals surface area contributed by atoms with Crippen molar-refractivity contribution in [1.29, 1.82) is 0 Å². The van der Waals surface area contributed by atoms with Crippen LogP contribution in [0, 0.1) is 13.8 Å². The second kappa shape index (κ2) is 5.02. The molecule has 0 saturated heterocycles. The van der Waals surface area contributed by atoms with Gasteiger partial charge in [0.15, 0.2) is 0 Å². The first-order valence-electron chi connectivity index (χ1n) is 5.63. The Labute approximate surface area is 110 Å². The third-order valence-electron chi connectivity index (χ3n) is 2.96. The summed E-state index contributed by atoms with van der Waals surface area (Å²) in [6.07, 6.45) is 2.76. The van der Waals surface area contributed by atoms with E-state index in [0.29, 0.717) is 6.54 Å². The Balaban J connectivity index is 2.43. The van der Waals surface area contributed by atoms with Crippen LogP contribution in [0.15, 0.2) is 29.0 Å². The monoisotopic (exact) mass is 293 g/mol. The smallest absolute Gasteiger partial charge is 0.0997 e. The van der Waals surface area contributed by atoms with Crippen LogP contribution in [-0.2, 0) is 6.42 Å². The lowest BCUT2D eigenvalue weighted by Crippen LogP contribution is -2.03. The van der Waals surface area contributed by atoms with Crippen molar-refractivity contribution in [2.45, 2.75) is 20.3 Å². The Kier molecular flexibility index (Phi) is 3.64. The molecule has 17 heavy (non-hydrogen) atoms. The molecule has 1 heterocycles. The predicted octanol–water partition coefficient (Wildman–Crippen LogP) is 2.75. The molecule has 0 radical (unpaired) electrons. The Hall–Kier alpha value is -1.13. The van der Waals surface area contributed by atoms with Crippen molar-refractivity contribution in [2.24, 2.45) is 5.73 Å². The number of aryl methyl sites for hydroxylation is 1. The molecule has 0 fully saturated rings. The molecule has 2 aromatic rings. The SMILES string of the molecule is Cc1ncn(-c2ccc(CCN)cc2Br)c1C. The summed E-state index contributed by atoms with van der Waals surface area (Å²) in [5, 5.41) is 0. The van der Waals surface area contributed by atoms with E-state index in [9.17, 15) is 0 Å². The van der Waals surface area contributed by atoms with E-state index < -0.39 is 0 Å². The van der Waals surface area contributed by atoms with Crippen molar-refractivity contribution < 1.29 is 0 Å². The molecule has 0 aliphatic carbocycles. The number of benzene rings is 1. The summed E-state index contributed by atoms with van der Waals surface area (Å²) < 4.78 is 3.16. The quantitative estimate of drug-likeness (QED) is 0.946. The molecular formula is C13H16BrN3. The van der Waals surface area contributed by atoms with E-state index in [1.54, 1.807) is 0 Å². The van der Waals surface area contributed by atoms with Gasteiger partial charge in [-0.2, -0.15) is 0 Å². The van der Waals surface area contributed by atoms with Gasteiger partial charge in [-0.05, 0) is 60.4 Å². The first kappa shape index (κ1) is 12.3. The third-order valence-corrected chi connectivity index (χ3v) is 3.59. The number of halogens is 1. The van der Waals surface area contributed by atoms with Crippen LogP contribution in [0.4, 0.5) is 0 Å². The summed E-state index contributed by atoms with van der Waals surface area (Å²) in [5.41, 5.74) is 10.1. The minimum atomic E-state index is 0.676. The van der Waals surface area contributed by atoms with E-state index in [-0.39, 0.29) is 0 Å². The highest BCUT2D eigenvalue weighted by molar-refractivity contribution is 9.10. The molecule has 0 spiro atoms. The predicted molar refractivity (Wildman–Crippen MR) is 73.5 cm³/mol. The zero-order chi connectivity index (χ0) is 12.4. The van der Waals surface area contributed by atoms with Gasteiger partial charge in [0.1, 0.15) is 0 Å². The molecule has 1 aromatic heterocycles. The van der Waals surface area contributed by atoms with Crippen LogP contribution in [0.3, 0.4) is 0 Å². The lowest BCUT2D eigenvalue weighted by Gasteiger charge is -2.09. The van der Waals surface area contributed by atoms with Gasteiger partial charge in [0.2, 0.25) is 0 Å². The largest absolute Gasteiger partial charge is 0.330 e. The van der Waals surface area contributed by atoms with E-state index in [1.165, 1.54) is 5.56 Å². The van der Waals surface area contributed by atoms with Crippen molar-refractivity contribution in [3.05, 3.63) is 46.0 Å². The second-order valence-electron chi connectivity index (χ2n) is 4.11. The molecule has 1 aromatic carbocycles. The van der Waals surface area contributed by atoms with Gasteiger partial charge in [-0.25, -0.2) is 4.98 Å². The number of imidazole rings is 1. The summed E-state index contributed by atoms with van der Waals surface area (Å²) in [5.74, 6) is 0. The maximum Gasteiger partial charge on any atom is 0.0997 e. The Morgan fingerprint density at radius 1 is 1.35 bits per heavy atom. The Morgan fingerprint density at radius 2 is 2.12 bits per heavy atom. The van der Waals surface area contributed by atoms with Crippen molar-refractivity contribution in [1.82, 2.24) is 9.55 Å². The van der Waals surface area contributed by atoms with Crippen LogP contribution in [0.25, 0.3) is 5.69 Å². The van der Waals surface area contributed by atoms with Gasteiger partial charge in [0.05, 0.1) is 17.7 Å². The van der Waals surface area contributed by atoms with Crippen molar-refractivity contribution in [2.75, 3.05) is 6.54 Å². The lowest BCUT2D eigenvalue weighted by atomic mass is 10.1. The lowest BCUT2D eigenvalue weighted by molar-refractivity contribution is 0.955. The minimum absolute atomic E-state index is 0.676. The van der Waals surface area contributed by atoms with Crippen LogP contribution >= 0.6 is 15.9 Å². The summed E-state index contributed by atoms with van der Waals surface area (Å²) in [6, 6.07) is 6.34. The molecule has 0 amide bonds. The first-order chi connectivity index (χ1) is 8.13. The zero-order valence-electron chi connectivity index (χ0n) is 10.1. The number of nitrogens with two attached hydrogens (primary N) is 1. The van der Waals surface area contributed by atoms with Gasteiger partial charge >= 0.3 is 0 Å². The normalized spacial score (nSPS) is 10.8. The van der Waals surface area contributed by atoms with E-state index >= 15 is 0 Å². The van der Waals surface area contributed by atoms with Gasteiger partial charge in [0.25, 0.3) is 0 Å². The zero-order valence-corrected chi connectivity index (χ0v) is 11.7. The topological polar surface area (TPSA) is 43.8 Å². The van der Waals surface area contributed by atoms with E-state index in [0.717, 1.165) is 28.0 Å². The van der Waals surface area contributed by atoms with Gasteiger partial charge in [-0.1, -0.05) is 6.07 Å². The molecule has 2 N–H and O–H groups in total. The minimum Gasteiger partial charge on any atom is -0.330 e. The standard InChI is InChI=1S/C13H16BrN3/c1-9-10(2)17(8-16-9)13-4-3-11(5-6-15)7-12(13)14/h3-4,7-8H,5-6,15H2,1-2H3. The molecule has 90 valence electrons. The summed E-state index contributed by atoms with van der Waals surface area (Å²) in [4.78, 5) is 4.31.